The first-order valence-electron chi connectivity index (χ1n) is 5.90. The van der Waals surface area contributed by atoms with Crippen molar-refractivity contribution in [3.63, 3.8) is 0 Å². The first kappa shape index (κ1) is 13.9. The third-order valence-electron chi connectivity index (χ3n) is 2.37. The van der Waals surface area contributed by atoms with Gasteiger partial charge in [0, 0.05) is 12.5 Å². The molecule has 15 heavy (non-hydrogen) atoms. The lowest BCUT2D eigenvalue weighted by Gasteiger charge is -1.99. The fraction of sp³-hybridized carbons (Fsp3) is 0.692. The summed E-state index contributed by atoms with van der Waals surface area (Å²) in [7, 11) is 0. The van der Waals surface area contributed by atoms with Crippen molar-refractivity contribution in [2.24, 2.45) is 0 Å². The van der Waals surface area contributed by atoms with Crippen LogP contribution in [0.25, 0.3) is 0 Å². The quantitative estimate of drug-likeness (QED) is 0.328. The molecule has 0 heterocycles. The van der Waals surface area contributed by atoms with Crippen LogP contribution in [0.2, 0.25) is 0 Å². The molecular weight excluding hydrogens is 186 g/mol. The van der Waals surface area contributed by atoms with Gasteiger partial charge in [-0.3, -0.25) is 4.79 Å². The van der Waals surface area contributed by atoms with Gasteiger partial charge in [0.1, 0.15) is 0 Å². The second-order valence-corrected chi connectivity index (χ2v) is 3.80. The maximum absolute atomic E-state index is 11.1. The lowest BCUT2D eigenvalue weighted by molar-refractivity contribution is -0.114. The van der Waals surface area contributed by atoms with Crippen LogP contribution >= 0.6 is 0 Å². The molecule has 0 unspecified atom stereocenters. The number of carbonyl (C=O) groups is 1. The summed E-state index contributed by atoms with van der Waals surface area (Å²) < 4.78 is 0. The molecule has 0 atom stereocenters. The average Bonchev–Trinajstić information content (AvgIpc) is 2.25. The van der Waals surface area contributed by atoms with E-state index in [9.17, 15) is 4.79 Å². The average molecular weight is 207 g/mol. The Kier molecular flexibility index (Phi) is 10.2. The van der Waals surface area contributed by atoms with E-state index < -0.39 is 0 Å². The summed E-state index contributed by atoms with van der Waals surface area (Å²) >= 11 is 0. The van der Waals surface area contributed by atoms with Gasteiger partial charge in [-0.1, -0.05) is 45.4 Å². The first-order chi connectivity index (χ1) is 7.31. The smallest absolute Gasteiger partial charge is 0.156 e. The Morgan fingerprint density at radius 3 is 2.33 bits per heavy atom. The molecule has 0 spiro atoms. The summed E-state index contributed by atoms with van der Waals surface area (Å²) in [5, 5.41) is 8.22. The van der Waals surface area contributed by atoms with Crippen molar-refractivity contribution in [2.45, 2.75) is 58.3 Å². The molecule has 0 bridgehead atoms. The van der Waals surface area contributed by atoms with Gasteiger partial charge < -0.3 is 0 Å². The van der Waals surface area contributed by atoms with Crippen LogP contribution in [0.1, 0.15) is 58.3 Å². The summed E-state index contributed by atoms with van der Waals surface area (Å²) in [5.41, 5.74) is 0. The molecule has 0 rings (SSSR count). The van der Waals surface area contributed by atoms with Gasteiger partial charge in [-0.15, -0.1) is 0 Å². The normalized spacial score (nSPS) is 10.4. The minimum atomic E-state index is 0.0742. The first-order valence-corrected chi connectivity index (χ1v) is 5.90. The number of nitrogens with zero attached hydrogens (tertiary/aromatic N) is 1. The van der Waals surface area contributed by atoms with Gasteiger partial charge in [0.25, 0.3) is 0 Å². The van der Waals surface area contributed by atoms with Gasteiger partial charge in [-0.05, 0) is 12.5 Å². The SMILES string of the molecule is CCCCCCCCCC(=O)/C=C/C#N. The molecule has 0 aromatic rings. The van der Waals surface area contributed by atoms with E-state index in [1.807, 2.05) is 6.07 Å². The van der Waals surface area contributed by atoms with Crippen molar-refractivity contribution in [3.8, 4) is 6.07 Å². The van der Waals surface area contributed by atoms with E-state index in [2.05, 4.69) is 6.92 Å². The molecule has 0 aromatic carbocycles. The van der Waals surface area contributed by atoms with Crippen molar-refractivity contribution in [3.05, 3.63) is 12.2 Å². The number of hydrogen-bond donors (Lipinski definition) is 0. The van der Waals surface area contributed by atoms with Crippen LogP contribution in [0.3, 0.4) is 0 Å². The largest absolute Gasteiger partial charge is 0.295 e. The highest BCUT2D eigenvalue weighted by Gasteiger charge is 1.96. The van der Waals surface area contributed by atoms with Crippen molar-refractivity contribution >= 4 is 5.78 Å². The number of unbranched alkanes of at least 4 members (excludes halogenated alkanes) is 6. The van der Waals surface area contributed by atoms with E-state index >= 15 is 0 Å². The third-order valence-corrected chi connectivity index (χ3v) is 2.37. The lowest BCUT2D eigenvalue weighted by atomic mass is 10.1. The van der Waals surface area contributed by atoms with Crippen LogP contribution in [0.5, 0.6) is 0 Å². The zero-order valence-electron chi connectivity index (χ0n) is 9.67. The van der Waals surface area contributed by atoms with E-state index in [0.29, 0.717) is 6.42 Å². The summed E-state index contributed by atoms with van der Waals surface area (Å²) in [6.45, 7) is 2.21. The van der Waals surface area contributed by atoms with Gasteiger partial charge in [0.2, 0.25) is 0 Å². The summed E-state index contributed by atoms with van der Waals surface area (Å²) in [6, 6.07) is 1.82. The second kappa shape index (κ2) is 11.0. The van der Waals surface area contributed by atoms with Crippen molar-refractivity contribution < 1.29 is 4.79 Å². The lowest BCUT2D eigenvalue weighted by Crippen LogP contribution is -1.92. The maximum atomic E-state index is 11.1. The van der Waals surface area contributed by atoms with E-state index in [4.69, 9.17) is 5.26 Å². The molecule has 2 heteroatoms. The zero-order valence-corrected chi connectivity index (χ0v) is 9.67. The number of carbonyl (C=O) groups excluding carboxylic acids is 1. The van der Waals surface area contributed by atoms with Crippen LogP contribution in [-0.2, 0) is 4.79 Å². The molecule has 0 aliphatic carbocycles. The minimum absolute atomic E-state index is 0.0742. The molecule has 0 aliphatic heterocycles. The fourth-order valence-electron chi connectivity index (χ4n) is 1.47. The van der Waals surface area contributed by atoms with E-state index in [1.54, 1.807) is 0 Å². The van der Waals surface area contributed by atoms with Gasteiger partial charge in [-0.2, -0.15) is 5.26 Å². The van der Waals surface area contributed by atoms with Crippen LogP contribution < -0.4 is 0 Å². The van der Waals surface area contributed by atoms with Crippen molar-refractivity contribution in [1.29, 1.82) is 5.26 Å². The van der Waals surface area contributed by atoms with Gasteiger partial charge >= 0.3 is 0 Å². The Morgan fingerprint density at radius 1 is 1.13 bits per heavy atom. The monoisotopic (exact) mass is 207 g/mol. The highest BCUT2D eigenvalue weighted by molar-refractivity contribution is 5.89. The molecule has 0 saturated carbocycles. The highest BCUT2D eigenvalue weighted by atomic mass is 16.1. The molecule has 0 saturated heterocycles. The van der Waals surface area contributed by atoms with Crippen LogP contribution in [0.4, 0.5) is 0 Å². The van der Waals surface area contributed by atoms with Crippen LogP contribution in [-0.4, -0.2) is 5.78 Å². The molecule has 0 radical (unpaired) electrons. The Hall–Kier alpha value is -1.10. The van der Waals surface area contributed by atoms with E-state index in [-0.39, 0.29) is 5.78 Å². The van der Waals surface area contributed by atoms with Gasteiger partial charge in [-0.25, -0.2) is 0 Å². The predicted molar refractivity (Wildman–Crippen MR) is 62.4 cm³/mol. The molecule has 0 amide bonds. The van der Waals surface area contributed by atoms with E-state index in [1.165, 1.54) is 44.3 Å². The maximum Gasteiger partial charge on any atom is 0.156 e. The topological polar surface area (TPSA) is 40.9 Å². The predicted octanol–water partition coefficient (Wildman–Crippen LogP) is 3.78. The molecule has 0 aromatic heterocycles. The van der Waals surface area contributed by atoms with Gasteiger partial charge in [0.15, 0.2) is 5.78 Å². The van der Waals surface area contributed by atoms with Crippen LogP contribution in [0.15, 0.2) is 12.2 Å². The molecule has 2 nitrogen and oxygen atoms in total. The summed E-state index contributed by atoms with van der Waals surface area (Å²) in [4.78, 5) is 11.1. The zero-order chi connectivity index (χ0) is 11.4. The number of rotatable bonds is 9. The second-order valence-electron chi connectivity index (χ2n) is 3.80. The number of allylic oxidation sites excluding steroid dienone is 2. The van der Waals surface area contributed by atoms with E-state index in [0.717, 1.165) is 12.8 Å². The standard InChI is InChI=1S/C13H21NO/c1-2-3-4-5-6-7-8-10-13(15)11-9-12-14/h9,11H,2-8,10H2,1H3/b11-9+. The number of hydrogen-bond acceptors (Lipinski definition) is 2. The molecule has 84 valence electrons. The number of nitriles is 1. The fourth-order valence-corrected chi connectivity index (χ4v) is 1.47. The Bertz CT molecular complexity index is 225. The Labute approximate surface area is 93.0 Å². The Balaban J connectivity index is 3.21. The number of ketones is 1. The highest BCUT2D eigenvalue weighted by Crippen LogP contribution is 2.08. The van der Waals surface area contributed by atoms with Crippen molar-refractivity contribution in [1.82, 2.24) is 0 Å². The third kappa shape index (κ3) is 10.8. The van der Waals surface area contributed by atoms with Gasteiger partial charge in [0.05, 0.1) is 6.07 Å². The summed E-state index contributed by atoms with van der Waals surface area (Å²) in [6.07, 6.45) is 11.7. The molecule has 0 aliphatic rings. The molecule has 0 N–H and O–H groups in total. The minimum Gasteiger partial charge on any atom is -0.295 e. The van der Waals surface area contributed by atoms with Crippen LogP contribution in [0, 0.1) is 11.3 Å². The van der Waals surface area contributed by atoms with Crippen molar-refractivity contribution in [2.75, 3.05) is 0 Å². The molecule has 0 fully saturated rings. The Morgan fingerprint density at radius 2 is 1.73 bits per heavy atom. The summed E-state index contributed by atoms with van der Waals surface area (Å²) in [5.74, 6) is 0.0742. The molecular formula is C13H21NO.